The van der Waals surface area contributed by atoms with Crippen LogP contribution in [-0.4, -0.2) is 69.3 Å². The molecule has 0 radical (unpaired) electrons. The molecule has 6 heteroatoms. The van der Waals surface area contributed by atoms with Gasteiger partial charge in [-0.25, -0.2) is 0 Å². The lowest BCUT2D eigenvalue weighted by atomic mass is 9.71. The average Bonchev–Trinajstić information content (AvgIpc) is 2.90. The fourth-order valence-corrected chi connectivity index (χ4v) is 4.39. The van der Waals surface area contributed by atoms with E-state index in [1.54, 1.807) is 31.4 Å². The number of benzene rings is 1. The Morgan fingerprint density at radius 3 is 2.60 bits per heavy atom. The van der Waals surface area contributed by atoms with Crippen molar-refractivity contribution in [1.29, 1.82) is 0 Å². The van der Waals surface area contributed by atoms with Crippen molar-refractivity contribution in [2.75, 3.05) is 53.6 Å². The first-order chi connectivity index (χ1) is 12.0. The van der Waals surface area contributed by atoms with Crippen LogP contribution in [0.4, 0.5) is 0 Å². The zero-order chi connectivity index (χ0) is 17.9. The van der Waals surface area contributed by atoms with Crippen molar-refractivity contribution in [3.63, 3.8) is 0 Å². The van der Waals surface area contributed by atoms with Gasteiger partial charge in [0.25, 0.3) is 5.91 Å². The molecule has 25 heavy (non-hydrogen) atoms. The van der Waals surface area contributed by atoms with Crippen LogP contribution < -0.4 is 4.74 Å². The maximum Gasteiger partial charge on any atom is 0.260 e. The molecular weight excluding hydrogens is 340 g/mol. The number of hydrogen-bond donors (Lipinski definition) is 0. The van der Waals surface area contributed by atoms with Gasteiger partial charge in [-0.15, -0.1) is 0 Å². The Morgan fingerprint density at radius 1 is 1.28 bits per heavy atom. The normalized spacial score (nSPS) is 23.2. The van der Waals surface area contributed by atoms with E-state index < -0.39 is 0 Å². The second-order valence-corrected chi connectivity index (χ2v) is 7.77. The van der Waals surface area contributed by atoms with Gasteiger partial charge in [-0.05, 0) is 49.6 Å². The molecule has 1 amide bonds. The highest BCUT2D eigenvalue weighted by Gasteiger charge is 2.47. The van der Waals surface area contributed by atoms with E-state index in [1.807, 2.05) is 4.90 Å². The summed E-state index contributed by atoms with van der Waals surface area (Å²) in [5, 5.41) is 0.659. The van der Waals surface area contributed by atoms with Crippen molar-refractivity contribution in [2.45, 2.75) is 12.8 Å². The molecule has 1 aromatic carbocycles. The summed E-state index contributed by atoms with van der Waals surface area (Å²) in [6.07, 6.45) is 2.08. The minimum absolute atomic E-state index is 0.0550. The van der Waals surface area contributed by atoms with Gasteiger partial charge in [0.15, 0.2) is 6.61 Å². The summed E-state index contributed by atoms with van der Waals surface area (Å²) >= 11 is 5.86. The van der Waals surface area contributed by atoms with E-state index in [4.69, 9.17) is 21.1 Å². The number of carbonyl (C=O) groups excluding carboxylic acids is 1. The van der Waals surface area contributed by atoms with Gasteiger partial charge in [0.05, 0.1) is 6.61 Å². The highest BCUT2D eigenvalue weighted by Crippen LogP contribution is 2.44. The predicted molar refractivity (Wildman–Crippen MR) is 98.1 cm³/mol. The van der Waals surface area contributed by atoms with E-state index in [0.29, 0.717) is 22.1 Å². The minimum atomic E-state index is 0.0550. The Balaban J connectivity index is 1.51. The van der Waals surface area contributed by atoms with Crippen LogP contribution in [0, 0.1) is 11.3 Å². The zero-order valence-corrected chi connectivity index (χ0v) is 15.8. The van der Waals surface area contributed by atoms with Crippen molar-refractivity contribution < 1.29 is 14.3 Å². The summed E-state index contributed by atoms with van der Waals surface area (Å²) in [7, 11) is 3.95. The molecule has 5 nitrogen and oxygen atoms in total. The molecule has 2 aliphatic rings. The number of piperidine rings is 1. The molecule has 1 atom stereocenters. The van der Waals surface area contributed by atoms with E-state index in [9.17, 15) is 4.79 Å². The summed E-state index contributed by atoms with van der Waals surface area (Å²) in [5.74, 6) is 1.29. The molecule has 138 valence electrons. The molecule has 1 spiro atoms. The first kappa shape index (κ1) is 18.5. The van der Waals surface area contributed by atoms with Crippen LogP contribution in [0.3, 0.4) is 0 Å². The molecule has 2 fully saturated rings. The maximum absolute atomic E-state index is 12.5. The molecule has 2 saturated heterocycles. The monoisotopic (exact) mass is 366 g/mol. The molecule has 0 bridgehead atoms. The lowest BCUT2D eigenvalue weighted by Gasteiger charge is -2.42. The van der Waals surface area contributed by atoms with Gasteiger partial charge in [-0.1, -0.05) is 11.6 Å². The molecule has 3 rings (SSSR count). The largest absolute Gasteiger partial charge is 0.484 e. The molecule has 1 unspecified atom stereocenters. The van der Waals surface area contributed by atoms with Crippen molar-refractivity contribution in [3.05, 3.63) is 29.3 Å². The Hall–Kier alpha value is -1.30. The Kier molecular flexibility index (Phi) is 5.87. The highest BCUT2D eigenvalue weighted by atomic mass is 35.5. The molecule has 0 N–H and O–H groups in total. The summed E-state index contributed by atoms with van der Waals surface area (Å²) < 4.78 is 11.0. The van der Waals surface area contributed by atoms with Crippen molar-refractivity contribution in [3.8, 4) is 5.75 Å². The van der Waals surface area contributed by atoms with Gasteiger partial charge in [-0.2, -0.15) is 0 Å². The van der Waals surface area contributed by atoms with E-state index >= 15 is 0 Å². The Morgan fingerprint density at radius 2 is 1.96 bits per heavy atom. The van der Waals surface area contributed by atoms with Gasteiger partial charge in [-0.3, -0.25) is 4.79 Å². The summed E-state index contributed by atoms with van der Waals surface area (Å²) in [6.45, 7) is 4.67. The van der Waals surface area contributed by atoms with Crippen LogP contribution in [0.25, 0.3) is 0 Å². The van der Waals surface area contributed by atoms with Gasteiger partial charge in [0.1, 0.15) is 5.75 Å². The van der Waals surface area contributed by atoms with E-state index in [1.165, 1.54) is 0 Å². The third kappa shape index (κ3) is 4.27. The van der Waals surface area contributed by atoms with Crippen molar-refractivity contribution in [1.82, 2.24) is 9.80 Å². The number of nitrogens with zero attached hydrogens (tertiary/aromatic N) is 2. The molecule has 2 heterocycles. The van der Waals surface area contributed by atoms with Gasteiger partial charge >= 0.3 is 0 Å². The fourth-order valence-electron chi connectivity index (χ4n) is 4.27. The topological polar surface area (TPSA) is 42.0 Å². The van der Waals surface area contributed by atoms with Gasteiger partial charge in [0.2, 0.25) is 0 Å². The van der Waals surface area contributed by atoms with Crippen molar-refractivity contribution in [2.24, 2.45) is 11.3 Å². The van der Waals surface area contributed by atoms with Crippen molar-refractivity contribution >= 4 is 17.5 Å². The minimum Gasteiger partial charge on any atom is -0.484 e. The molecule has 0 saturated carbocycles. The van der Waals surface area contributed by atoms with Gasteiger partial charge < -0.3 is 19.3 Å². The number of halogens is 1. The number of hydrogen-bond acceptors (Lipinski definition) is 4. The lowest BCUT2D eigenvalue weighted by molar-refractivity contribution is -0.136. The maximum atomic E-state index is 12.5. The van der Waals surface area contributed by atoms with E-state index in [0.717, 1.165) is 45.6 Å². The van der Waals surface area contributed by atoms with Crippen LogP contribution >= 0.6 is 11.6 Å². The zero-order valence-electron chi connectivity index (χ0n) is 15.0. The highest BCUT2D eigenvalue weighted by molar-refractivity contribution is 6.30. The van der Waals surface area contributed by atoms with Crippen LogP contribution in [0.2, 0.25) is 5.02 Å². The smallest absolute Gasteiger partial charge is 0.260 e. The third-order valence-corrected chi connectivity index (χ3v) is 5.89. The second-order valence-electron chi connectivity index (χ2n) is 7.33. The van der Waals surface area contributed by atoms with E-state index in [-0.39, 0.29) is 12.5 Å². The SMILES string of the molecule is COCC1CN(C)CC12CCN(C(=O)COc1ccc(Cl)cc1)CC2. The standard InChI is InChI=1S/C19H27ClN2O3/c1-21-11-15(12-24-2)19(14-21)7-9-22(10-8-19)18(23)13-25-17-5-3-16(20)4-6-17/h3-6,15H,7-14H2,1-2H3. The summed E-state index contributed by atoms with van der Waals surface area (Å²) in [4.78, 5) is 16.8. The first-order valence-corrected chi connectivity index (χ1v) is 9.24. The number of amides is 1. The predicted octanol–water partition coefficient (Wildman–Crippen LogP) is 2.54. The van der Waals surface area contributed by atoms with E-state index in [2.05, 4.69) is 11.9 Å². The molecule has 1 aromatic rings. The average molecular weight is 367 g/mol. The molecular formula is C19H27ClN2O3. The number of ether oxygens (including phenoxy) is 2. The number of likely N-dealkylation sites (tertiary alicyclic amines) is 2. The number of carbonyl (C=O) groups is 1. The van der Waals surface area contributed by atoms with Crippen LogP contribution in [0.15, 0.2) is 24.3 Å². The first-order valence-electron chi connectivity index (χ1n) is 8.86. The third-order valence-electron chi connectivity index (χ3n) is 5.64. The molecule has 2 aliphatic heterocycles. The molecule has 0 aromatic heterocycles. The second kappa shape index (κ2) is 7.94. The van der Waals surface area contributed by atoms with Gasteiger partial charge in [0, 0.05) is 44.2 Å². The van der Waals surface area contributed by atoms with Crippen LogP contribution in [0.1, 0.15) is 12.8 Å². The fraction of sp³-hybridized carbons (Fsp3) is 0.632. The van der Waals surface area contributed by atoms with Crippen LogP contribution in [0.5, 0.6) is 5.75 Å². The molecule has 0 aliphatic carbocycles. The van der Waals surface area contributed by atoms with Crippen LogP contribution in [-0.2, 0) is 9.53 Å². The number of rotatable bonds is 5. The summed E-state index contributed by atoms with van der Waals surface area (Å²) in [6, 6.07) is 7.09. The lowest BCUT2D eigenvalue weighted by Crippen LogP contribution is -2.48. The number of methoxy groups -OCH3 is 1. The summed E-state index contributed by atoms with van der Waals surface area (Å²) in [5.41, 5.74) is 0.290. The quantitative estimate of drug-likeness (QED) is 0.803. The Labute approximate surface area is 154 Å². The Bertz CT molecular complexity index is 585.